The Balaban J connectivity index is 2.51. The number of carbonyl (C=O) groups is 3. The van der Waals surface area contributed by atoms with Gasteiger partial charge in [-0.3, -0.25) is 14.4 Å². The summed E-state index contributed by atoms with van der Waals surface area (Å²) in [6.45, 7) is -0.405. The van der Waals surface area contributed by atoms with Crippen LogP contribution in [0.2, 0.25) is 0 Å². The second-order valence-corrected chi connectivity index (χ2v) is 4.57. The number of carboxylic acid groups (broad SMARTS) is 1. The smallest absolute Gasteiger partial charge is 0.417 e. The van der Waals surface area contributed by atoms with E-state index in [0.29, 0.717) is 0 Å². The van der Waals surface area contributed by atoms with Gasteiger partial charge >= 0.3 is 12.1 Å². The zero-order chi connectivity index (χ0) is 17.5. The van der Waals surface area contributed by atoms with Gasteiger partial charge in [-0.1, -0.05) is 12.1 Å². The van der Waals surface area contributed by atoms with Crippen LogP contribution in [0, 0.1) is 0 Å². The predicted octanol–water partition coefficient (Wildman–Crippen LogP) is 1.42. The van der Waals surface area contributed by atoms with Crippen LogP contribution in [0.3, 0.4) is 0 Å². The zero-order valence-electron chi connectivity index (χ0n) is 11.9. The molecule has 1 aromatic carbocycles. The van der Waals surface area contributed by atoms with E-state index in [1.807, 2.05) is 0 Å². The lowest BCUT2D eigenvalue weighted by molar-refractivity contribution is -0.138. The van der Waals surface area contributed by atoms with Crippen LogP contribution < -0.4 is 10.6 Å². The molecule has 0 spiro atoms. The number of benzene rings is 1. The number of hydrogen-bond acceptors (Lipinski definition) is 3. The summed E-state index contributed by atoms with van der Waals surface area (Å²) in [5.74, 6) is -2.64. The highest BCUT2D eigenvalue weighted by Gasteiger charge is 2.34. The number of rotatable bonds is 7. The average molecular weight is 332 g/mol. The highest BCUT2D eigenvalue weighted by atomic mass is 19.4. The molecule has 0 aliphatic carbocycles. The van der Waals surface area contributed by atoms with Crippen molar-refractivity contribution in [1.82, 2.24) is 10.6 Å². The lowest BCUT2D eigenvalue weighted by Crippen LogP contribution is -2.38. The summed E-state index contributed by atoms with van der Waals surface area (Å²) >= 11 is 0. The van der Waals surface area contributed by atoms with Crippen molar-refractivity contribution in [3.63, 3.8) is 0 Å². The molecule has 3 N–H and O–H groups in total. The van der Waals surface area contributed by atoms with Gasteiger partial charge in [0.15, 0.2) is 0 Å². The van der Waals surface area contributed by atoms with Crippen LogP contribution in [0.15, 0.2) is 24.3 Å². The number of amides is 2. The lowest BCUT2D eigenvalue weighted by atomic mass is 10.1. The topological polar surface area (TPSA) is 95.5 Å². The molecular formula is C14H15F3N2O4. The number of aliphatic carboxylic acids is 1. The third-order valence-corrected chi connectivity index (χ3v) is 2.78. The molecule has 126 valence electrons. The molecule has 0 unspecified atom stereocenters. The molecule has 0 radical (unpaired) electrons. The van der Waals surface area contributed by atoms with Gasteiger partial charge in [0.2, 0.25) is 5.91 Å². The lowest BCUT2D eigenvalue weighted by Gasteiger charge is -2.12. The summed E-state index contributed by atoms with van der Waals surface area (Å²) in [6.07, 6.45) is -4.58. The fourth-order valence-corrected chi connectivity index (χ4v) is 1.71. The van der Waals surface area contributed by atoms with Crippen LogP contribution in [0.1, 0.15) is 28.8 Å². The van der Waals surface area contributed by atoms with Crippen LogP contribution in [0.25, 0.3) is 0 Å². The average Bonchev–Trinajstić information content (AvgIpc) is 2.48. The monoisotopic (exact) mass is 332 g/mol. The molecule has 0 heterocycles. The SMILES string of the molecule is O=C(O)CCCNC(=O)CNC(=O)c1ccccc1C(F)(F)F. The van der Waals surface area contributed by atoms with E-state index in [1.165, 1.54) is 6.07 Å². The van der Waals surface area contributed by atoms with E-state index in [1.54, 1.807) is 0 Å². The molecule has 1 rings (SSSR count). The first kappa shape index (κ1) is 18.5. The first-order chi connectivity index (χ1) is 10.7. The first-order valence-corrected chi connectivity index (χ1v) is 6.64. The Morgan fingerprint density at radius 2 is 1.74 bits per heavy atom. The van der Waals surface area contributed by atoms with Crippen molar-refractivity contribution >= 4 is 17.8 Å². The summed E-state index contributed by atoms with van der Waals surface area (Å²) in [4.78, 5) is 33.4. The molecule has 0 saturated carbocycles. The summed E-state index contributed by atoms with van der Waals surface area (Å²) < 4.78 is 38.3. The summed E-state index contributed by atoms with van der Waals surface area (Å²) in [7, 11) is 0. The maximum absolute atomic E-state index is 12.8. The van der Waals surface area contributed by atoms with Gasteiger partial charge in [0.25, 0.3) is 5.91 Å². The molecule has 0 aromatic heterocycles. The minimum atomic E-state index is -4.67. The molecule has 1 aromatic rings. The molecule has 0 bridgehead atoms. The van der Waals surface area contributed by atoms with Crippen molar-refractivity contribution in [2.24, 2.45) is 0 Å². The second-order valence-electron chi connectivity index (χ2n) is 4.57. The van der Waals surface area contributed by atoms with E-state index >= 15 is 0 Å². The van der Waals surface area contributed by atoms with Crippen molar-refractivity contribution in [2.75, 3.05) is 13.1 Å². The number of nitrogens with one attached hydrogen (secondary N) is 2. The maximum atomic E-state index is 12.8. The molecule has 9 heteroatoms. The molecular weight excluding hydrogens is 317 g/mol. The molecule has 6 nitrogen and oxygen atoms in total. The fraction of sp³-hybridized carbons (Fsp3) is 0.357. The molecule has 0 aliphatic heterocycles. The van der Waals surface area contributed by atoms with Crippen molar-refractivity contribution in [3.8, 4) is 0 Å². The standard InChI is InChI=1S/C14H15F3N2O4/c15-14(16,17)10-5-2-1-4-9(10)13(23)19-8-11(20)18-7-3-6-12(21)22/h1-2,4-5H,3,6-8H2,(H,18,20)(H,19,23)(H,21,22). The highest BCUT2D eigenvalue weighted by Crippen LogP contribution is 2.31. The molecule has 0 saturated heterocycles. The Morgan fingerprint density at radius 1 is 1.09 bits per heavy atom. The molecule has 0 atom stereocenters. The number of hydrogen-bond donors (Lipinski definition) is 3. The Kier molecular flexibility index (Phi) is 6.55. The van der Waals surface area contributed by atoms with E-state index in [-0.39, 0.29) is 19.4 Å². The van der Waals surface area contributed by atoms with Gasteiger partial charge in [0, 0.05) is 13.0 Å². The Bertz CT molecular complexity index is 588. The van der Waals surface area contributed by atoms with Crippen molar-refractivity contribution in [1.29, 1.82) is 0 Å². The number of halogens is 3. The van der Waals surface area contributed by atoms with Crippen LogP contribution in [0.5, 0.6) is 0 Å². The largest absolute Gasteiger partial charge is 0.481 e. The van der Waals surface area contributed by atoms with Gasteiger partial charge in [0.05, 0.1) is 17.7 Å². The molecule has 0 aliphatic rings. The van der Waals surface area contributed by atoms with E-state index < -0.39 is 41.6 Å². The third kappa shape index (κ3) is 6.37. The summed E-state index contributed by atoms with van der Waals surface area (Å²) in [5.41, 5.74) is -1.65. The zero-order valence-corrected chi connectivity index (χ0v) is 11.9. The van der Waals surface area contributed by atoms with Crippen LogP contribution in [0.4, 0.5) is 13.2 Å². The predicted molar refractivity (Wildman–Crippen MR) is 73.7 cm³/mol. The Morgan fingerprint density at radius 3 is 2.35 bits per heavy atom. The summed E-state index contributed by atoms with van der Waals surface area (Å²) in [6, 6.07) is 4.24. The van der Waals surface area contributed by atoms with Gasteiger partial charge < -0.3 is 15.7 Å². The number of carbonyl (C=O) groups excluding carboxylic acids is 2. The van der Waals surface area contributed by atoms with Crippen molar-refractivity contribution in [3.05, 3.63) is 35.4 Å². The fourth-order valence-electron chi connectivity index (χ4n) is 1.71. The maximum Gasteiger partial charge on any atom is 0.417 e. The van der Waals surface area contributed by atoms with Gasteiger partial charge in [-0.25, -0.2) is 0 Å². The number of carboxylic acids is 1. The Hall–Kier alpha value is -2.58. The van der Waals surface area contributed by atoms with E-state index in [9.17, 15) is 27.6 Å². The van der Waals surface area contributed by atoms with Crippen LogP contribution in [-0.4, -0.2) is 36.0 Å². The quantitative estimate of drug-likeness (QED) is 0.658. The van der Waals surface area contributed by atoms with E-state index in [2.05, 4.69) is 10.6 Å². The normalized spacial score (nSPS) is 10.9. The van der Waals surface area contributed by atoms with Gasteiger partial charge in [-0.2, -0.15) is 13.2 Å². The minimum Gasteiger partial charge on any atom is -0.481 e. The van der Waals surface area contributed by atoms with E-state index in [0.717, 1.165) is 18.2 Å². The third-order valence-electron chi connectivity index (χ3n) is 2.78. The van der Waals surface area contributed by atoms with Gasteiger partial charge in [0.1, 0.15) is 0 Å². The van der Waals surface area contributed by atoms with Gasteiger partial charge in [-0.15, -0.1) is 0 Å². The minimum absolute atomic E-state index is 0.0974. The molecule has 23 heavy (non-hydrogen) atoms. The number of alkyl halides is 3. The first-order valence-electron chi connectivity index (χ1n) is 6.64. The van der Waals surface area contributed by atoms with Crippen molar-refractivity contribution in [2.45, 2.75) is 19.0 Å². The highest BCUT2D eigenvalue weighted by molar-refractivity contribution is 5.97. The van der Waals surface area contributed by atoms with Crippen LogP contribution >= 0.6 is 0 Å². The molecule has 0 fully saturated rings. The summed E-state index contributed by atoms with van der Waals surface area (Å²) in [5, 5.41) is 12.9. The Labute approximate surface area is 129 Å². The van der Waals surface area contributed by atoms with E-state index in [4.69, 9.17) is 5.11 Å². The van der Waals surface area contributed by atoms with Gasteiger partial charge in [-0.05, 0) is 18.6 Å². The van der Waals surface area contributed by atoms with Crippen molar-refractivity contribution < 1.29 is 32.7 Å². The second kappa shape index (κ2) is 8.16. The molecule has 2 amide bonds. The van der Waals surface area contributed by atoms with Crippen LogP contribution in [-0.2, 0) is 15.8 Å².